The van der Waals surface area contributed by atoms with Crippen molar-refractivity contribution in [2.75, 3.05) is 4.90 Å². The number of anilines is 3. The maximum absolute atomic E-state index is 7.28. The zero-order valence-corrected chi connectivity index (χ0v) is 46.2. The SMILES string of the molecule is c1ccc(C2(c3ccccc3)c3ccccc3-c3cc(N(c4ccc(-c5ccc6oc7ccccc7c6c5)cc4)c4ccc(-c5cccc6c5-c5ccccc5C65c6ccc7ccccc7c6Oc6c5ccc5ccccc65)cc4)ccc32)cc1. The quantitative estimate of drug-likeness (QED) is 0.159. The van der Waals surface area contributed by atoms with Crippen LogP contribution in [-0.2, 0) is 10.8 Å². The fourth-order valence-corrected chi connectivity index (χ4v) is 15.2. The fourth-order valence-electron chi connectivity index (χ4n) is 15.2. The predicted octanol–water partition coefficient (Wildman–Crippen LogP) is 21.5. The zero-order chi connectivity index (χ0) is 55.8. The summed E-state index contributed by atoms with van der Waals surface area (Å²) in [5.74, 6) is 1.84. The van der Waals surface area contributed by atoms with E-state index in [9.17, 15) is 0 Å². The minimum absolute atomic E-state index is 0.508. The Bertz CT molecular complexity index is 5090. The van der Waals surface area contributed by atoms with E-state index < -0.39 is 10.8 Å². The highest BCUT2D eigenvalue weighted by molar-refractivity contribution is 6.07. The van der Waals surface area contributed by atoms with Crippen molar-refractivity contribution in [1.29, 1.82) is 0 Å². The molecular formula is C82H51NO2. The third kappa shape index (κ3) is 6.72. The molecule has 3 nitrogen and oxygen atoms in total. The van der Waals surface area contributed by atoms with Crippen molar-refractivity contribution in [2.24, 2.45) is 0 Å². The van der Waals surface area contributed by atoms with Crippen LogP contribution in [0.15, 0.2) is 314 Å². The standard InChI is InChI=1S/C82H51NO2/c1-3-20-57(21-4-1)81(58-22-5-2-6-23-58)70-30-14-11-26-65(70)68-51-61(45-48-72(68)81)83(59-41-34-52(35-42-59)56-40-49-77-69(50-56)66-27-13-16-33-76(66)84-77)60-43-36-55(37-44-60)62-29-17-32-73-78(62)67-28-12-15-31-71(67)82(73)74-46-38-53-18-7-9-24-63(53)79(74)85-80-64-25-10-8-19-54(64)39-47-75(80)82/h1-51H. The normalized spacial score (nSPS) is 13.7. The van der Waals surface area contributed by atoms with Crippen LogP contribution in [0.5, 0.6) is 11.5 Å². The molecule has 2 heterocycles. The Morgan fingerprint density at radius 3 is 1.41 bits per heavy atom. The molecule has 15 aromatic rings. The topological polar surface area (TPSA) is 25.6 Å². The molecule has 1 aliphatic heterocycles. The minimum Gasteiger partial charge on any atom is -0.456 e. The molecule has 1 spiro atoms. The summed E-state index contributed by atoms with van der Waals surface area (Å²) in [6.07, 6.45) is 0. The first kappa shape index (κ1) is 47.6. The van der Waals surface area contributed by atoms with Crippen LogP contribution in [0.4, 0.5) is 17.1 Å². The van der Waals surface area contributed by atoms with Gasteiger partial charge in [0.1, 0.15) is 22.7 Å². The van der Waals surface area contributed by atoms with Gasteiger partial charge in [0.25, 0.3) is 0 Å². The van der Waals surface area contributed by atoms with Gasteiger partial charge in [-0.15, -0.1) is 0 Å². The van der Waals surface area contributed by atoms with Gasteiger partial charge in [-0.05, 0) is 143 Å². The molecule has 0 fully saturated rings. The number of rotatable bonds is 7. The predicted molar refractivity (Wildman–Crippen MR) is 349 cm³/mol. The van der Waals surface area contributed by atoms with Crippen molar-refractivity contribution in [2.45, 2.75) is 10.8 Å². The molecule has 85 heavy (non-hydrogen) atoms. The van der Waals surface area contributed by atoms with E-state index in [1.54, 1.807) is 0 Å². The van der Waals surface area contributed by atoms with Gasteiger partial charge in [0, 0.05) is 49.7 Å². The van der Waals surface area contributed by atoms with E-state index >= 15 is 0 Å². The van der Waals surface area contributed by atoms with Crippen molar-refractivity contribution in [1.82, 2.24) is 0 Å². The molecule has 0 amide bonds. The highest BCUT2D eigenvalue weighted by atomic mass is 16.5. The van der Waals surface area contributed by atoms with Gasteiger partial charge in [-0.25, -0.2) is 0 Å². The van der Waals surface area contributed by atoms with Gasteiger partial charge in [-0.1, -0.05) is 255 Å². The molecule has 1 aromatic heterocycles. The lowest BCUT2D eigenvalue weighted by atomic mass is 9.65. The average molecular weight is 1080 g/mol. The second-order valence-corrected chi connectivity index (χ2v) is 22.9. The summed E-state index contributed by atoms with van der Waals surface area (Å²) in [7, 11) is 0. The van der Waals surface area contributed by atoms with Crippen molar-refractivity contribution in [3.8, 4) is 56.0 Å². The van der Waals surface area contributed by atoms with Gasteiger partial charge in [0.05, 0.1) is 10.8 Å². The van der Waals surface area contributed by atoms with Crippen molar-refractivity contribution < 1.29 is 9.15 Å². The molecule has 0 saturated heterocycles. The van der Waals surface area contributed by atoms with Crippen LogP contribution in [-0.4, -0.2) is 0 Å². The molecule has 2 aliphatic carbocycles. The summed E-state index contributed by atoms with van der Waals surface area (Å²) < 4.78 is 13.5. The summed E-state index contributed by atoms with van der Waals surface area (Å²) in [4.78, 5) is 2.43. The zero-order valence-electron chi connectivity index (χ0n) is 46.2. The number of fused-ring (bicyclic) bond motifs is 19. The first-order valence-corrected chi connectivity index (χ1v) is 29.4. The minimum atomic E-state index is -0.648. The summed E-state index contributed by atoms with van der Waals surface area (Å²) in [6.45, 7) is 0. The molecule has 396 valence electrons. The number of para-hydroxylation sites is 1. The molecule has 3 aliphatic rings. The van der Waals surface area contributed by atoms with E-state index in [1.807, 2.05) is 12.1 Å². The van der Waals surface area contributed by atoms with Crippen LogP contribution < -0.4 is 9.64 Å². The van der Waals surface area contributed by atoms with Gasteiger partial charge >= 0.3 is 0 Å². The molecule has 0 radical (unpaired) electrons. The Morgan fingerprint density at radius 1 is 0.259 bits per heavy atom. The molecule has 0 N–H and O–H groups in total. The third-order valence-corrected chi connectivity index (χ3v) is 18.8. The summed E-state index contributed by atoms with van der Waals surface area (Å²) in [6, 6.07) is 114. The largest absolute Gasteiger partial charge is 0.456 e. The van der Waals surface area contributed by atoms with Crippen LogP contribution in [0.2, 0.25) is 0 Å². The lowest BCUT2D eigenvalue weighted by Gasteiger charge is -2.40. The molecule has 0 unspecified atom stereocenters. The van der Waals surface area contributed by atoms with Crippen molar-refractivity contribution >= 4 is 60.5 Å². The van der Waals surface area contributed by atoms with Crippen LogP contribution >= 0.6 is 0 Å². The summed E-state index contributed by atoms with van der Waals surface area (Å²) in [5, 5.41) is 6.77. The lowest BCUT2D eigenvalue weighted by molar-refractivity contribution is 0.447. The second-order valence-electron chi connectivity index (χ2n) is 22.9. The van der Waals surface area contributed by atoms with Crippen LogP contribution in [0.1, 0.15) is 44.5 Å². The second kappa shape index (κ2) is 18.2. The van der Waals surface area contributed by atoms with Gasteiger partial charge < -0.3 is 14.1 Å². The average Bonchev–Trinajstić information content (AvgIpc) is 1.62. The van der Waals surface area contributed by atoms with Gasteiger partial charge in [0.15, 0.2) is 0 Å². The van der Waals surface area contributed by atoms with Crippen molar-refractivity contribution in [3.63, 3.8) is 0 Å². The molecule has 14 aromatic carbocycles. The fraction of sp³-hybridized carbons (Fsp3) is 0.0244. The van der Waals surface area contributed by atoms with Gasteiger partial charge in [-0.2, -0.15) is 0 Å². The molecule has 3 heteroatoms. The number of hydrogen-bond donors (Lipinski definition) is 0. The Kier molecular flexibility index (Phi) is 10.2. The molecular weight excluding hydrogens is 1030 g/mol. The highest BCUT2D eigenvalue weighted by Crippen LogP contribution is 2.65. The summed E-state index contributed by atoms with van der Waals surface area (Å²) >= 11 is 0. The Labute approximate surface area is 492 Å². The number of benzene rings is 14. The number of hydrogen-bond acceptors (Lipinski definition) is 3. The first-order chi connectivity index (χ1) is 42.1. The first-order valence-electron chi connectivity index (χ1n) is 29.4. The molecule has 18 rings (SSSR count). The van der Waals surface area contributed by atoms with Crippen molar-refractivity contribution in [3.05, 3.63) is 354 Å². The maximum atomic E-state index is 7.28. The van der Waals surface area contributed by atoms with Gasteiger partial charge in [-0.3, -0.25) is 0 Å². The number of furan rings is 1. The van der Waals surface area contributed by atoms with Crippen LogP contribution in [0, 0.1) is 0 Å². The highest BCUT2D eigenvalue weighted by Gasteiger charge is 2.52. The number of ether oxygens (including phenoxy) is 1. The molecule has 0 saturated carbocycles. The maximum Gasteiger partial charge on any atom is 0.140 e. The van der Waals surface area contributed by atoms with Crippen LogP contribution in [0.3, 0.4) is 0 Å². The van der Waals surface area contributed by atoms with Crippen LogP contribution in [0.25, 0.3) is 88.0 Å². The van der Waals surface area contributed by atoms with E-state index in [2.05, 4.69) is 302 Å². The molecule has 0 bridgehead atoms. The smallest absolute Gasteiger partial charge is 0.140 e. The number of nitrogens with zero attached hydrogens (tertiary/aromatic N) is 1. The van der Waals surface area contributed by atoms with E-state index in [-0.39, 0.29) is 0 Å². The monoisotopic (exact) mass is 1080 g/mol. The Hall–Kier alpha value is -11.0. The van der Waals surface area contributed by atoms with E-state index in [1.165, 1.54) is 61.2 Å². The van der Waals surface area contributed by atoms with Gasteiger partial charge in [0.2, 0.25) is 0 Å². The van der Waals surface area contributed by atoms with E-state index in [0.29, 0.717) is 0 Å². The molecule has 0 atom stereocenters. The van der Waals surface area contributed by atoms with E-state index in [4.69, 9.17) is 9.15 Å². The lowest BCUT2D eigenvalue weighted by Crippen LogP contribution is -2.32. The van der Waals surface area contributed by atoms with E-state index in [0.717, 1.165) is 99.9 Å². The Balaban J connectivity index is 0.812. The third-order valence-electron chi connectivity index (χ3n) is 18.8. The Morgan fingerprint density at radius 2 is 0.741 bits per heavy atom. The summed E-state index contributed by atoms with van der Waals surface area (Å²) in [5.41, 5.74) is 23.3.